The summed E-state index contributed by atoms with van der Waals surface area (Å²) >= 11 is 0. The number of furan rings is 1. The molecule has 7 heteroatoms. The maximum Gasteiger partial charge on any atom is 0.289 e. The van der Waals surface area contributed by atoms with Crippen LogP contribution in [0.2, 0.25) is 0 Å². The van der Waals surface area contributed by atoms with Crippen LogP contribution < -0.4 is 10.1 Å². The molecule has 1 saturated heterocycles. The zero-order valence-electron chi connectivity index (χ0n) is 15.7. The Bertz CT molecular complexity index is 781. The zero-order valence-corrected chi connectivity index (χ0v) is 15.7. The van der Waals surface area contributed by atoms with Crippen molar-refractivity contribution in [2.75, 3.05) is 45.2 Å². The molecule has 2 aromatic rings. The average Bonchev–Trinajstić information content (AvgIpc) is 3.21. The number of rotatable bonds is 6. The number of ether oxygens (including phenoxy) is 1. The number of nitrogens with one attached hydrogen (secondary N) is 1. The number of piperazine rings is 1. The van der Waals surface area contributed by atoms with Crippen LogP contribution in [0.4, 0.5) is 5.69 Å². The minimum absolute atomic E-state index is 0.0482. The van der Waals surface area contributed by atoms with Crippen LogP contribution in [0.1, 0.15) is 22.5 Å². The maximum absolute atomic E-state index is 12.3. The fourth-order valence-corrected chi connectivity index (χ4v) is 3.12. The summed E-state index contributed by atoms with van der Waals surface area (Å²) in [6, 6.07) is 9.08. The second-order valence-corrected chi connectivity index (χ2v) is 6.61. The van der Waals surface area contributed by atoms with Crippen molar-refractivity contribution >= 4 is 17.5 Å². The fraction of sp³-hybridized carbons (Fsp3) is 0.400. The molecule has 27 heavy (non-hydrogen) atoms. The lowest BCUT2D eigenvalue weighted by atomic mass is 10.2. The molecule has 0 unspecified atom stereocenters. The molecule has 1 aromatic carbocycles. The van der Waals surface area contributed by atoms with Crippen LogP contribution in [0.5, 0.6) is 5.75 Å². The van der Waals surface area contributed by atoms with E-state index in [9.17, 15) is 9.59 Å². The van der Waals surface area contributed by atoms with Crippen LogP contribution in [0.25, 0.3) is 0 Å². The molecule has 7 nitrogen and oxygen atoms in total. The van der Waals surface area contributed by atoms with Gasteiger partial charge in [0.25, 0.3) is 5.91 Å². The van der Waals surface area contributed by atoms with Crippen molar-refractivity contribution in [1.82, 2.24) is 9.80 Å². The number of amides is 2. The van der Waals surface area contributed by atoms with E-state index < -0.39 is 0 Å². The summed E-state index contributed by atoms with van der Waals surface area (Å²) in [7, 11) is 1.59. The Kier molecular flexibility index (Phi) is 6.13. The van der Waals surface area contributed by atoms with Gasteiger partial charge in [0.15, 0.2) is 5.76 Å². The Labute approximate surface area is 158 Å². The number of carbonyl (C=O) groups excluding carboxylic acids is 2. The molecule has 0 aliphatic carbocycles. The van der Waals surface area contributed by atoms with Crippen molar-refractivity contribution in [2.45, 2.75) is 13.3 Å². The number of methoxy groups -OCH3 is 1. The Morgan fingerprint density at radius 3 is 2.63 bits per heavy atom. The lowest BCUT2D eigenvalue weighted by Gasteiger charge is -2.34. The molecular formula is C20H25N3O4. The van der Waals surface area contributed by atoms with Gasteiger partial charge in [0.1, 0.15) is 5.75 Å². The highest BCUT2D eigenvalue weighted by Gasteiger charge is 2.23. The third-order valence-corrected chi connectivity index (χ3v) is 4.68. The minimum atomic E-state index is -0.0797. The summed E-state index contributed by atoms with van der Waals surface area (Å²) in [5.41, 5.74) is 1.75. The molecule has 0 radical (unpaired) electrons. The van der Waals surface area contributed by atoms with Crippen LogP contribution in [0.3, 0.4) is 0 Å². The standard InChI is InChI=1S/C20H25N3O4/c1-15-5-6-17(26-2)16(14-15)21-19(24)7-8-22-9-11-23(12-10-22)20(25)18-4-3-13-27-18/h3-6,13-14H,7-12H2,1-2H3,(H,21,24). The number of nitrogens with zero attached hydrogens (tertiary/aromatic N) is 2. The Hall–Kier alpha value is -2.80. The zero-order chi connectivity index (χ0) is 19.2. The van der Waals surface area contributed by atoms with E-state index in [1.54, 1.807) is 24.1 Å². The molecule has 0 spiro atoms. The van der Waals surface area contributed by atoms with Gasteiger partial charge in [-0.15, -0.1) is 0 Å². The monoisotopic (exact) mass is 371 g/mol. The smallest absolute Gasteiger partial charge is 0.289 e. The van der Waals surface area contributed by atoms with E-state index in [0.29, 0.717) is 43.3 Å². The second-order valence-electron chi connectivity index (χ2n) is 6.61. The van der Waals surface area contributed by atoms with Crippen LogP contribution in [-0.2, 0) is 4.79 Å². The topological polar surface area (TPSA) is 75.0 Å². The molecule has 1 N–H and O–H groups in total. The van der Waals surface area contributed by atoms with E-state index in [1.807, 2.05) is 25.1 Å². The van der Waals surface area contributed by atoms with E-state index in [4.69, 9.17) is 9.15 Å². The summed E-state index contributed by atoms with van der Waals surface area (Å²) in [5, 5.41) is 2.92. The Morgan fingerprint density at radius 1 is 1.19 bits per heavy atom. The lowest BCUT2D eigenvalue weighted by Crippen LogP contribution is -2.49. The van der Waals surface area contributed by atoms with E-state index in [1.165, 1.54) is 6.26 Å². The van der Waals surface area contributed by atoms with Crippen molar-refractivity contribution < 1.29 is 18.7 Å². The first kappa shape index (κ1) is 19.0. The van der Waals surface area contributed by atoms with Crippen LogP contribution in [0, 0.1) is 6.92 Å². The molecule has 1 aliphatic heterocycles. The third kappa shape index (κ3) is 4.89. The number of aryl methyl sites for hydroxylation is 1. The van der Waals surface area contributed by atoms with Gasteiger partial charge >= 0.3 is 0 Å². The summed E-state index contributed by atoms with van der Waals surface area (Å²) in [4.78, 5) is 28.5. The molecule has 3 rings (SSSR count). The molecule has 0 saturated carbocycles. The molecule has 2 amide bonds. The van der Waals surface area contributed by atoms with Gasteiger partial charge < -0.3 is 19.4 Å². The SMILES string of the molecule is COc1ccc(C)cc1NC(=O)CCN1CCN(C(=O)c2ccco2)CC1. The van der Waals surface area contributed by atoms with Crippen molar-refractivity contribution in [3.05, 3.63) is 47.9 Å². The fourth-order valence-electron chi connectivity index (χ4n) is 3.12. The number of hydrogen-bond donors (Lipinski definition) is 1. The molecule has 1 aromatic heterocycles. The first-order chi connectivity index (χ1) is 13.1. The summed E-state index contributed by atoms with van der Waals surface area (Å²) in [6.45, 7) is 5.38. The molecule has 1 aliphatic rings. The normalized spacial score (nSPS) is 14.8. The van der Waals surface area contributed by atoms with Gasteiger partial charge in [-0.3, -0.25) is 14.5 Å². The van der Waals surface area contributed by atoms with Crippen molar-refractivity contribution in [1.29, 1.82) is 0 Å². The van der Waals surface area contributed by atoms with E-state index in [2.05, 4.69) is 10.2 Å². The van der Waals surface area contributed by atoms with Gasteiger partial charge in [-0.25, -0.2) is 0 Å². The van der Waals surface area contributed by atoms with Gasteiger partial charge in [0.05, 0.1) is 19.1 Å². The molecule has 2 heterocycles. The molecular weight excluding hydrogens is 346 g/mol. The van der Waals surface area contributed by atoms with Crippen LogP contribution >= 0.6 is 0 Å². The highest BCUT2D eigenvalue weighted by molar-refractivity contribution is 5.92. The van der Waals surface area contributed by atoms with E-state index in [-0.39, 0.29) is 11.8 Å². The molecule has 1 fully saturated rings. The minimum Gasteiger partial charge on any atom is -0.495 e. The third-order valence-electron chi connectivity index (χ3n) is 4.68. The van der Waals surface area contributed by atoms with E-state index in [0.717, 1.165) is 18.7 Å². The molecule has 0 bridgehead atoms. The first-order valence-corrected chi connectivity index (χ1v) is 9.06. The molecule has 144 valence electrons. The van der Waals surface area contributed by atoms with Crippen LogP contribution in [0.15, 0.2) is 41.0 Å². The van der Waals surface area contributed by atoms with Crippen molar-refractivity contribution in [3.8, 4) is 5.75 Å². The van der Waals surface area contributed by atoms with Crippen molar-refractivity contribution in [2.24, 2.45) is 0 Å². The predicted octanol–water partition coefficient (Wildman–Crippen LogP) is 2.38. The quantitative estimate of drug-likeness (QED) is 0.844. The highest BCUT2D eigenvalue weighted by atomic mass is 16.5. The Morgan fingerprint density at radius 2 is 1.96 bits per heavy atom. The van der Waals surface area contributed by atoms with Gasteiger partial charge in [-0.2, -0.15) is 0 Å². The maximum atomic E-state index is 12.3. The van der Waals surface area contributed by atoms with Crippen LogP contribution in [-0.4, -0.2) is 61.4 Å². The van der Waals surface area contributed by atoms with Crippen molar-refractivity contribution in [3.63, 3.8) is 0 Å². The number of benzene rings is 1. The Balaban J connectivity index is 1.44. The number of anilines is 1. The largest absolute Gasteiger partial charge is 0.495 e. The summed E-state index contributed by atoms with van der Waals surface area (Å²) in [6.07, 6.45) is 1.90. The van der Waals surface area contributed by atoms with E-state index >= 15 is 0 Å². The summed E-state index contributed by atoms with van der Waals surface area (Å²) < 4.78 is 10.5. The van der Waals surface area contributed by atoms with Gasteiger partial charge in [0, 0.05) is 39.1 Å². The van der Waals surface area contributed by atoms with Gasteiger partial charge in [0.2, 0.25) is 5.91 Å². The highest BCUT2D eigenvalue weighted by Crippen LogP contribution is 2.25. The lowest BCUT2D eigenvalue weighted by molar-refractivity contribution is -0.116. The first-order valence-electron chi connectivity index (χ1n) is 9.06. The van der Waals surface area contributed by atoms with Gasteiger partial charge in [-0.05, 0) is 36.8 Å². The average molecular weight is 371 g/mol. The summed E-state index contributed by atoms with van der Waals surface area (Å²) in [5.74, 6) is 0.894. The van der Waals surface area contributed by atoms with Gasteiger partial charge in [-0.1, -0.05) is 6.07 Å². The number of carbonyl (C=O) groups is 2. The predicted molar refractivity (Wildman–Crippen MR) is 102 cm³/mol. The molecule has 0 atom stereocenters. The number of hydrogen-bond acceptors (Lipinski definition) is 5. The second kappa shape index (κ2) is 8.73.